The van der Waals surface area contributed by atoms with Crippen LogP contribution in [-0.2, 0) is 23.4 Å². The Bertz CT molecular complexity index is 489. The van der Waals surface area contributed by atoms with E-state index in [0.29, 0.717) is 0 Å². The number of aromatic nitrogens is 2. The van der Waals surface area contributed by atoms with E-state index in [1.165, 1.54) is 7.05 Å². The van der Waals surface area contributed by atoms with Gasteiger partial charge < -0.3 is 10.2 Å². The first-order chi connectivity index (χ1) is 8.17. The van der Waals surface area contributed by atoms with Crippen LogP contribution in [0.5, 0.6) is 0 Å². The lowest BCUT2D eigenvalue weighted by Crippen LogP contribution is -2.51. The van der Waals surface area contributed by atoms with E-state index in [4.69, 9.17) is 5.11 Å². The molecule has 0 spiro atoms. The molecule has 1 heterocycles. The number of hydrogen-bond donors (Lipinski definition) is 2. The van der Waals surface area contributed by atoms with Gasteiger partial charge >= 0.3 is 12.1 Å². The molecule has 0 bridgehead atoms. The third-order valence-electron chi connectivity index (χ3n) is 3.19. The van der Waals surface area contributed by atoms with E-state index in [0.717, 1.165) is 10.9 Å². The molecule has 2 N–H and O–H groups in total. The Morgan fingerprint density at radius 3 is 2.50 bits per heavy atom. The summed E-state index contributed by atoms with van der Waals surface area (Å²) >= 11 is 0. The molecule has 0 aliphatic heterocycles. The minimum Gasteiger partial charge on any atom is -0.481 e. The van der Waals surface area contributed by atoms with E-state index >= 15 is 0 Å². The highest BCUT2D eigenvalue weighted by atomic mass is 19.4. The fourth-order valence-electron chi connectivity index (χ4n) is 2.30. The highest BCUT2D eigenvalue weighted by molar-refractivity contribution is 5.83. The van der Waals surface area contributed by atoms with Gasteiger partial charge in [-0.2, -0.15) is 18.3 Å². The molecule has 1 aliphatic rings. The van der Waals surface area contributed by atoms with Crippen molar-refractivity contribution in [3.05, 3.63) is 17.5 Å². The van der Waals surface area contributed by atoms with E-state index in [1.807, 2.05) is 0 Å². The number of carbonyl (C=O) groups is 1. The number of carboxylic acids is 1. The monoisotopic (exact) mass is 264 g/mol. The fourth-order valence-corrected chi connectivity index (χ4v) is 2.30. The lowest BCUT2D eigenvalue weighted by molar-refractivity contribution is -0.155. The molecule has 1 aliphatic carbocycles. The Kier molecular flexibility index (Phi) is 2.65. The third-order valence-corrected chi connectivity index (χ3v) is 3.19. The Morgan fingerprint density at radius 2 is 2.11 bits per heavy atom. The SMILES string of the molecule is Cn1cc(C2(C(=O)O)CC(O)C2)c(C(F)(F)F)n1. The maximum Gasteiger partial charge on any atom is 0.435 e. The number of halogens is 3. The third kappa shape index (κ3) is 1.76. The molecule has 8 heteroatoms. The Balaban J connectivity index is 2.53. The van der Waals surface area contributed by atoms with E-state index < -0.39 is 29.4 Å². The summed E-state index contributed by atoms with van der Waals surface area (Å²) < 4.78 is 39.3. The molecule has 0 aromatic carbocycles. The predicted octanol–water partition coefficient (Wildman–Crippen LogP) is 0.916. The van der Waals surface area contributed by atoms with Gasteiger partial charge in [0.2, 0.25) is 0 Å². The van der Waals surface area contributed by atoms with Crippen molar-refractivity contribution in [1.82, 2.24) is 9.78 Å². The molecule has 0 radical (unpaired) electrons. The number of aryl methyl sites for hydroxylation is 1. The molecule has 2 rings (SSSR count). The van der Waals surface area contributed by atoms with Crippen LogP contribution in [0.25, 0.3) is 0 Å². The van der Waals surface area contributed by atoms with Crippen LogP contribution in [0.1, 0.15) is 24.1 Å². The van der Waals surface area contributed by atoms with Gasteiger partial charge in [-0.05, 0) is 12.8 Å². The lowest BCUT2D eigenvalue weighted by Gasteiger charge is -2.41. The van der Waals surface area contributed by atoms with Crippen molar-refractivity contribution >= 4 is 5.97 Å². The molecular weight excluding hydrogens is 253 g/mol. The van der Waals surface area contributed by atoms with Gasteiger partial charge in [-0.1, -0.05) is 0 Å². The molecule has 0 saturated heterocycles. The number of aliphatic hydroxyl groups is 1. The first-order valence-electron chi connectivity index (χ1n) is 5.19. The topological polar surface area (TPSA) is 75.4 Å². The highest BCUT2D eigenvalue weighted by Gasteiger charge is 2.56. The number of aliphatic carboxylic acids is 1. The number of nitrogens with zero attached hydrogens (tertiary/aromatic N) is 2. The molecular formula is C10H11F3N2O3. The molecule has 18 heavy (non-hydrogen) atoms. The highest BCUT2D eigenvalue weighted by Crippen LogP contribution is 2.48. The average Bonchev–Trinajstić information content (AvgIpc) is 2.54. The molecule has 100 valence electrons. The zero-order valence-electron chi connectivity index (χ0n) is 9.40. The summed E-state index contributed by atoms with van der Waals surface area (Å²) in [5.41, 5.74) is -3.26. The van der Waals surface area contributed by atoms with Crippen molar-refractivity contribution in [2.75, 3.05) is 0 Å². The van der Waals surface area contributed by atoms with Crippen LogP contribution in [0.15, 0.2) is 6.20 Å². The minimum absolute atomic E-state index is 0.225. The minimum atomic E-state index is -4.71. The molecule has 1 fully saturated rings. The van der Waals surface area contributed by atoms with Gasteiger partial charge in [0.15, 0.2) is 5.69 Å². The maximum absolute atomic E-state index is 12.8. The zero-order chi connectivity index (χ0) is 13.7. The van der Waals surface area contributed by atoms with Crippen LogP contribution < -0.4 is 0 Å². The summed E-state index contributed by atoms with van der Waals surface area (Å²) in [6.07, 6.45) is -4.99. The Morgan fingerprint density at radius 1 is 1.56 bits per heavy atom. The smallest absolute Gasteiger partial charge is 0.435 e. The molecule has 5 nitrogen and oxygen atoms in total. The summed E-state index contributed by atoms with van der Waals surface area (Å²) in [4.78, 5) is 11.2. The van der Waals surface area contributed by atoms with Crippen LogP contribution in [0.4, 0.5) is 13.2 Å². The van der Waals surface area contributed by atoms with Crippen LogP contribution in [0, 0.1) is 0 Å². The quantitative estimate of drug-likeness (QED) is 0.832. The number of alkyl halides is 3. The largest absolute Gasteiger partial charge is 0.481 e. The first-order valence-corrected chi connectivity index (χ1v) is 5.19. The van der Waals surface area contributed by atoms with Crippen molar-refractivity contribution in [1.29, 1.82) is 0 Å². The number of rotatable bonds is 2. The summed E-state index contributed by atoms with van der Waals surface area (Å²) in [5, 5.41) is 21.6. The first kappa shape index (κ1) is 12.9. The van der Waals surface area contributed by atoms with Gasteiger partial charge in [0.05, 0.1) is 6.10 Å². The van der Waals surface area contributed by atoms with Crippen LogP contribution in [-0.4, -0.2) is 32.1 Å². The van der Waals surface area contributed by atoms with Crippen molar-refractivity contribution in [3.63, 3.8) is 0 Å². The standard InChI is InChI=1S/C10H11F3N2O3/c1-15-4-6(7(14-15)10(11,12)13)9(8(17)18)2-5(16)3-9/h4-5,16H,2-3H2,1H3,(H,17,18). The fraction of sp³-hybridized carbons (Fsp3) is 0.600. The second-order valence-corrected chi connectivity index (χ2v) is 4.51. The normalized spacial score (nSPS) is 27.9. The van der Waals surface area contributed by atoms with Gasteiger partial charge in [-0.3, -0.25) is 9.48 Å². The molecule has 1 aromatic rings. The summed E-state index contributed by atoms with van der Waals surface area (Å²) in [6, 6.07) is 0. The van der Waals surface area contributed by atoms with Gasteiger partial charge in [-0.25, -0.2) is 0 Å². The molecule has 0 atom stereocenters. The summed E-state index contributed by atoms with van der Waals surface area (Å²) in [6.45, 7) is 0. The Hall–Kier alpha value is -1.57. The van der Waals surface area contributed by atoms with E-state index in [9.17, 15) is 23.1 Å². The molecule has 1 aromatic heterocycles. The van der Waals surface area contributed by atoms with Crippen molar-refractivity contribution in [2.45, 2.75) is 30.5 Å². The summed E-state index contributed by atoms with van der Waals surface area (Å²) in [5.74, 6) is -1.37. The number of hydrogen-bond acceptors (Lipinski definition) is 3. The van der Waals surface area contributed by atoms with Crippen molar-refractivity contribution in [3.8, 4) is 0 Å². The molecule has 1 saturated carbocycles. The van der Waals surface area contributed by atoms with Crippen molar-refractivity contribution in [2.24, 2.45) is 7.05 Å². The van der Waals surface area contributed by atoms with Gasteiger partial charge in [-0.15, -0.1) is 0 Å². The van der Waals surface area contributed by atoms with Gasteiger partial charge in [0.25, 0.3) is 0 Å². The van der Waals surface area contributed by atoms with E-state index in [2.05, 4.69) is 5.10 Å². The van der Waals surface area contributed by atoms with E-state index in [-0.39, 0.29) is 18.4 Å². The predicted molar refractivity (Wildman–Crippen MR) is 52.8 cm³/mol. The molecule has 0 amide bonds. The maximum atomic E-state index is 12.8. The number of aliphatic hydroxyl groups excluding tert-OH is 1. The average molecular weight is 264 g/mol. The lowest BCUT2D eigenvalue weighted by atomic mass is 9.62. The zero-order valence-corrected chi connectivity index (χ0v) is 9.40. The molecule has 0 unspecified atom stereocenters. The number of carboxylic acid groups (broad SMARTS) is 1. The second kappa shape index (κ2) is 3.71. The van der Waals surface area contributed by atoms with Gasteiger partial charge in [0.1, 0.15) is 5.41 Å². The van der Waals surface area contributed by atoms with Gasteiger partial charge in [0, 0.05) is 18.8 Å². The second-order valence-electron chi connectivity index (χ2n) is 4.51. The van der Waals surface area contributed by atoms with E-state index in [1.54, 1.807) is 0 Å². The Labute approximate surface area is 99.8 Å². The van der Waals surface area contributed by atoms with Crippen LogP contribution in [0.3, 0.4) is 0 Å². The van der Waals surface area contributed by atoms with Crippen molar-refractivity contribution < 1.29 is 28.2 Å². The van der Waals surface area contributed by atoms with Crippen LogP contribution >= 0.6 is 0 Å². The van der Waals surface area contributed by atoms with Crippen LogP contribution in [0.2, 0.25) is 0 Å². The summed E-state index contributed by atoms with van der Waals surface area (Å²) in [7, 11) is 1.30.